The zero-order valence-corrected chi connectivity index (χ0v) is 14.8. The van der Waals surface area contributed by atoms with Gasteiger partial charge in [-0.2, -0.15) is 0 Å². The smallest absolute Gasteiger partial charge is 0.245 e. The van der Waals surface area contributed by atoms with E-state index in [2.05, 4.69) is 10.3 Å². The van der Waals surface area contributed by atoms with Crippen molar-refractivity contribution in [1.82, 2.24) is 4.98 Å². The van der Waals surface area contributed by atoms with Gasteiger partial charge in [-0.15, -0.1) is 23.7 Å². The normalized spacial score (nSPS) is 13.1. The van der Waals surface area contributed by atoms with Crippen LogP contribution in [0.15, 0.2) is 29.6 Å². The topological polar surface area (TPSA) is 68.0 Å². The Labute approximate surface area is 145 Å². The molecule has 22 heavy (non-hydrogen) atoms. The summed E-state index contributed by atoms with van der Waals surface area (Å²) in [5.74, 6) is -0.218. The number of carbonyl (C=O) groups excluding carboxylic acids is 1. The predicted octanol–water partition coefficient (Wildman–Crippen LogP) is 4.34. The van der Waals surface area contributed by atoms with E-state index >= 15 is 0 Å². The first-order valence-corrected chi connectivity index (χ1v) is 8.00. The molecule has 0 aliphatic rings. The van der Waals surface area contributed by atoms with E-state index in [4.69, 9.17) is 17.3 Å². The first kappa shape index (κ1) is 18.9. The molecule has 1 aromatic carbocycles. The van der Waals surface area contributed by atoms with Crippen LogP contribution in [0, 0.1) is 0 Å². The highest BCUT2D eigenvalue weighted by Gasteiger charge is 2.27. The van der Waals surface area contributed by atoms with Crippen LogP contribution in [0.2, 0.25) is 5.02 Å². The van der Waals surface area contributed by atoms with Crippen LogP contribution in [0.5, 0.6) is 0 Å². The lowest BCUT2D eigenvalue weighted by Crippen LogP contribution is -2.48. The largest absolute Gasteiger partial charge is 0.318 e. The molecule has 0 bridgehead atoms. The van der Waals surface area contributed by atoms with Gasteiger partial charge in [-0.05, 0) is 19.4 Å². The van der Waals surface area contributed by atoms with Gasteiger partial charge in [0.05, 0.1) is 11.2 Å². The van der Waals surface area contributed by atoms with Crippen LogP contribution in [-0.4, -0.2) is 16.4 Å². The molecule has 1 amide bonds. The van der Waals surface area contributed by atoms with Crippen molar-refractivity contribution in [2.75, 3.05) is 5.32 Å². The third-order valence-electron chi connectivity index (χ3n) is 3.16. The first-order chi connectivity index (χ1) is 9.94. The molecule has 7 heteroatoms. The fourth-order valence-corrected chi connectivity index (χ4v) is 2.93. The Morgan fingerprint density at radius 3 is 2.77 bits per heavy atom. The quantitative estimate of drug-likeness (QED) is 0.833. The minimum absolute atomic E-state index is 0. The molecule has 0 saturated carbocycles. The fourth-order valence-electron chi connectivity index (χ4n) is 2.00. The minimum Gasteiger partial charge on any atom is -0.318 e. The number of amides is 1. The summed E-state index contributed by atoms with van der Waals surface area (Å²) >= 11 is 7.50. The van der Waals surface area contributed by atoms with Crippen LogP contribution in [-0.2, 0) is 4.79 Å². The molecule has 0 aliphatic heterocycles. The number of nitrogens with zero attached hydrogens (tertiary/aromatic N) is 1. The van der Waals surface area contributed by atoms with Gasteiger partial charge in [0.25, 0.3) is 0 Å². The number of hydrogen-bond acceptors (Lipinski definition) is 4. The second-order valence-corrected chi connectivity index (χ2v) is 6.40. The van der Waals surface area contributed by atoms with Crippen molar-refractivity contribution in [2.45, 2.75) is 32.2 Å². The van der Waals surface area contributed by atoms with Gasteiger partial charge in [0.15, 0.2) is 5.13 Å². The maximum Gasteiger partial charge on any atom is 0.245 e. The third-order valence-corrected chi connectivity index (χ3v) is 4.25. The summed E-state index contributed by atoms with van der Waals surface area (Å²) in [5, 5.41) is 5.81. The molecule has 0 spiro atoms. The Hall–Kier alpha value is -1.14. The summed E-state index contributed by atoms with van der Waals surface area (Å²) in [6.45, 7) is 3.73. The van der Waals surface area contributed by atoms with E-state index < -0.39 is 5.54 Å². The molecule has 1 unspecified atom stereocenters. The van der Waals surface area contributed by atoms with Gasteiger partial charge in [-0.25, -0.2) is 4.98 Å². The fraction of sp³-hybridized carbons (Fsp3) is 0.333. The highest BCUT2D eigenvalue weighted by atomic mass is 35.5. The van der Waals surface area contributed by atoms with Gasteiger partial charge >= 0.3 is 0 Å². The Morgan fingerprint density at radius 1 is 1.45 bits per heavy atom. The highest BCUT2D eigenvalue weighted by Crippen LogP contribution is 2.30. The van der Waals surface area contributed by atoms with Crippen LogP contribution >= 0.6 is 35.3 Å². The Kier molecular flexibility index (Phi) is 6.81. The van der Waals surface area contributed by atoms with Crippen LogP contribution in [0.1, 0.15) is 26.7 Å². The lowest BCUT2D eigenvalue weighted by molar-refractivity contribution is -0.120. The Balaban J connectivity index is 0.00000242. The lowest BCUT2D eigenvalue weighted by Gasteiger charge is -2.21. The standard InChI is InChI=1S/C15H18ClN3OS.ClH/c1-3-8-15(2,17)13(20)19-14-18-12(9-21-14)10-6-4-5-7-11(10)16;/h4-7,9H,3,8,17H2,1-2H3,(H,18,19,20);1H. The van der Waals surface area contributed by atoms with Crippen molar-refractivity contribution >= 4 is 46.4 Å². The molecule has 1 atom stereocenters. The SMILES string of the molecule is CCCC(C)(N)C(=O)Nc1nc(-c2ccccc2Cl)cs1.Cl. The van der Waals surface area contributed by atoms with E-state index in [-0.39, 0.29) is 18.3 Å². The zero-order valence-electron chi connectivity index (χ0n) is 12.4. The second kappa shape index (κ2) is 7.92. The predicted molar refractivity (Wildman–Crippen MR) is 95.9 cm³/mol. The molecule has 1 heterocycles. The maximum atomic E-state index is 12.1. The second-order valence-electron chi connectivity index (χ2n) is 5.14. The number of thiazole rings is 1. The Bertz CT molecular complexity index is 643. The van der Waals surface area contributed by atoms with Gasteiger partial charge in [0.1, 0.15) is 0 Å². The molecular formula is C15H19Cl2N3OS. The summed E-state index contributed by atoms with van der Waals surface area (Å²) in [5.41, 5.74) is 6.71. The number of nitrogens with one attached hydrogen (secondary N) is 1. The molecule has 0 saturated heterocycles. The van der Waals surface area contributed by atoms with Gasteiger partial charge < -0.3 is 11.1 Å². The number of anilines is 1. The van der Waals surface area contributed by atoms with Gasteiger partial charge in [0.2, 0.25) is 5.91 Å². The lowest BCUT2D eigenvalue weighted by atomic mass is 9.97. The molecule has 3 N–H and O–H groups in total. The monoisotopic (exact) mass is 359 g/mol. The van der Waals surface area contributed by atoms with E-state index in [9.17, 15) is 4.79 Å². The molecule has 2 rings (SSSR count). The van der Waals surface area contributed by atoms with Gasteiger partial charge in [-0.3, -0.25) is 4.79 Å². The van der Waals surface area contributed by atoms with E-state index in [1.165, 1.54) is 11.3 Å². The highest BCUT2D eigenvalue weighted by molar-refractivity contribution is 7.14. The number of benzene rings is 1. The number of aromatic nitrogens is 1. The number of halogens is 2. The van der Waals surface area contributed by atoms with Crippen molar-refractivity contribution in [3.05, 3.63) is 34.7 Å². The summed E-state index contributed by atoms with van der Waals surface area (Å²) < 4.78 is 0. The number of hydrogen-bond donors (Lipinski definition) is 2. The summed E-state index contributed by atoms with van der Waals surface area (Å²) in [6, 6.07) is 7.47. The van der Waals surface area contributed by atoms with Crippen molar-refractivity contribution < 1.29 is 4.79 Å². The molecular weight excluding hydrogens is 341 g/mol. The molecule has 120 valence electrons. The van der Waals surface area contributed by atoms with Crippen molar-refractivity contribution in [2.24, 2.45) is 5.73 Å². The van der Waals surface area contributed by atoms with Crippen molar-refractivity contribution in [3.8, 4) is 11.3 Å². The van der Waals surface area contributed by atoms with Gasteiger partial charge in [0, 0.05) is 16.0 Å². The number of nitrogens with two attached hydrogens (primary N) is 1. The van der Waals surface area contributed by atoms with E-state index in [0.717, 1.165) is 17.7 Å². The Morgan fingerprint density at radius 2 is 2.14 bits per heavy atom. The average Bonchev–Trinajstić information content (AvgIpc) is 2.87. The van der Waals surface area contributed by atoms with Crippen LogP contribution in [0.4, 0.5) is 5.13 Å². The molecule has 2 aromatic rings. The molecule has 4 nitrogen and oxygen atoms in total. The number of carbonyl (C=O) groups is 1. The van der Waals surface area contributed by atoms with Crippen LogP contribution < -0.4 is 11.1 Å². The van der Waals surface area contributed by atoms with Gasteiger partial charge in [-0.1, -0.05) is 43.1 Å². The minimum atomic E-state index is -0.884. The molecule has 0 fully saturated rings. The summed E-state index contributed by atoms with van der Waals surface area (Å²) in [4.78, 5) is 16.5. The number of rotatable bonds is 5. The molecule has 0 radical (unpaired) electrons. The van der Waals surface area contributed by atoms with Crippen molar-refractivity contribution in [1.29, 1.82) is 0 Å². The van der Waals surface area contributed by atoms with Crippen LogP contribution in [0.25, 0.3) is 11.3 Å². The molecule has 0 aliphatic carbocycles. The first-order valence-electron chi connectivity index (χ1n) is 6.75. The molecule has 1 aromatic heterocycles. The average molecular weight is 360 g/mol. The third kappa shape index (κ3) is 4.43. The van der Waals surface area contributed by atoms with E-state index in [1.807, 2.05) is 36.6 Å². The van der Waals surface area contributed by atoms with E-state index in [1.54, 1.807) is 6.92 Å². The van der Waals surface area contributed by atoms with Crippen LogP contribution in [0.3, 0.4) is 0 Å². The summed E-state index contributed by atoms with van der Waals surface area (Å²) in [6.07, 6.45) is 1.48. The van der Waals surface area contributed by atoms with Crippen molar-refractivity contribution in [3.63, 3.8) is 0 Å². The maximum absolute atomic E-state index is 12.1. The zero-order chi connectivity index (χ0) is 15.5. The van der Waals surface area contributed by atoms with E-state index in [0.29, 0.717) is 16.6 Å². The summed E-state index contributed by atoms with van der Waals surface area (Å²) in [7, 11) is 0.